The van der Waals surface area contributed by atoms with Gasteiger partial charge < -0.3 is 10.1 Å². The number of hydrogen-bond acceptors (Lipinski definition) is 4. The van der Waals surface area contributed by atoms with Crippen molar-refractivity contribution in [3.8, 4) is 0 Å². The number of nitrogens with zero attached hydrogens (tertiary/aromatic N) is 1. The molecule has 0 aliphatic heterocycles. The summed E-state index contributed by atoms with van der Waals surface area (Å²) in [6, 6.07) is 7.07. The van der Waals surface area contributed by atoms with Crippen LogP contribution in [0.15, 0.2) is 35.5 Å². The summed E-state index contributed by atoms with van der Waals surface area (Å²) in [5.74, 6) is 0.637. The zero-order valence-corrected chi connectivity index (χ0v) is 11.9. The van der Waals surface area contributed by atoms with Gasteiger partial charge in [-0.15, -0.1) is 0 Å². The van der Waals surface area contributed by atoms with E-state index in [1.54, 1.807) is 24.3 Å². The van der Waals surface area contributed by atoms with Gasteiger partial charge in [-0.05, 0) is 11.1 Å². The largest absolute Gasteiger partial charge is 0.392 e. The van der Waals surface area contributed by atoms with E-state index in [9.17, 15) is 8.42 Å². The Kier molecular flexibility index (Phi) is 4.53. The Morgan fingerprint density at radius 2 is 1.90 bits per heavy atom. The summed E-state index contributed by atoms with van der Waals surface area (Å²) < 4.78 is 26.6. The van der Waals surface area contributed by atoms with Crippen molar-refractivity contribution in [2.75, 3.05) is 0 Å². The summed E-state index contributed by atoms with van der Waals surface area (Å²) in [5, 5.41) is 9.01. The molecule has 3 N–H and O–H groups in total. The summed E-state index contributed by atoms with van der Waals surface area (Å²) in [7, 11) is -3.58. The van der Waals surface area contributed by atoms with E-state index in [2.05, 4.69) is 14.7 Å². The molecule has 1 heterocycles. The van der Waals surface area contributed by atoms with Crippen LogP contribution in [0.1, 0.15) is 23.9 Å². The molecule has 0 unspecified atom stereocenters. The van der Waals surface area contributed by atoms with E-state index >= 15 is 0 Å². The summed E-state index contributed by atoms with van der Waals surface area (Å²) in [5.41, 5.74) is 1.61. The lowest BCUT2D eigenvalue weighted by atomic mass is 10.1. The van der Waals surface area contributed by atoms with Crippen LogP contribution >= 0.6 is 0 Å². The van der Waals surface area contributed by atoms with Gasteiger partial charge in [-0.25, -0.2) is 18.1 Å². The predicted molar refractivity (Wildman–Crippen MR) is 74.4 cm³/mol. The standard InChI is InChI=1S/C13H17N3O3S/c1-2-12-14-8-13(16-12)20(18,19)15-7-10-3-5-11(9-17)6-4-10/h3-6,8,15,17H,2,7,9H2,1H3,(H,14,16). The van der Waals surface area contributed by atoms with Gasteiger partial charge in [0.05, 0.1) is 12.8 Å². The van der Waals surface area contributed by atoms with Crippen molar-refractivity contribution in [3.05, 3.63) is 47.4 Å². The number of aromatic amines is 1. The van der Waals surface area contributed by atoms with Crippen LogP contribution in [-0.2, 0) is 29.6 Å². The van der Waals surface area contributed by atoms with Gasteiger partial charge in [-0.1, -0.05) is 31.2 Å². The molecule has 0 saturated carbocycles. The number of H-pyrrole nitrogens is 1. The van der Waals surface area contributed by atoms with E-state index in [-0.39, 0.29) is 18.2 Å². The first-order valence-corrected chi connectivity index (χ1v) is 7.75. The molecular formula is C13H17N3O3S. The highest BCUT2D eigenvalue weighted by atomic mass is 32.2. The molecular weight excluding hydrogens is 278 g/mol. The zero-order chi connectivity index (χ0) is 14.6. The second-order valence-corrected chi connectivity index (χ2v) is 6.08. The van der Waals surface area contributed by atoms with Crippen LogP contribution < -0.4 is 4.72 Å². The van der Waals surface area contributed by atoms with Gasteiger partial charge in [0.15, 0.2) is 5.03 Å². The Morgan fingerprint density at radius 1 is 1.25 bits per heavy atom. The van der Waals surface area contributed by atoms with E-state index in [1.165, 1.54) is 6.20 Å². The van der Waals surface area contributed by atoms with Gasteiger partial charge in [-0.2, -0.15) is 0 Å². The van der Waals surface area contributed by atoms with Crippen LogP contribution in [0.5, 0.6) is 0 Å². The molecule has 108 valence electrons. The number of nitrogens with one attached hydrogen (secondary N) is 2. The molecule has 0 aliphatic rings. The molecule has 1 aromatic heterocycles. The lowest BCUT2D eigenvalue weighted by molar-refractivity contribution is 0.282. The Morgan fingerprint density at radius 3 is 2.45 bits per heavy atom. The number of benzene rings is 1. The number of hydrogen-bond donors (Lipinski definition) is 3. The Hall–Kier alpha value is -1.70. The molecule has 0 amide bonds. The maximum Gasteiger partial charge on any atom is 0.257 e. The average molecular weight is 295 g/mol. The van der Waals surface area contributed by atoms with E-state index in [1.807, 2.05) is 6.92 Å². The lowest BCUT2D eigenvalue weighted by Gasteiger charge is -2.05. The molecule has 0 fully saturated rings. The molecule has 0 saturated heterocycles. The number of aliphatic hydroxyl groups is 1. The fraction of sp³-hybridized carbons (Fsp3) is 0.308. The van der Waals surface area contributed by atoms with Gasteiger partial charge in [-0.3, -0.25) is 0 Å². The Bertz CT molecular complexity index is 662. The van der Waals surface area contributed by atoms with Crippen LogP contribution in [-0.4, -0.2) is 23.5 Å². The molecule has 0 spiro atoms. The normalized spacial score (nSPS) is 11.7. The zero-order valence-electron chi connectivity index (χ0n) is 11.1. The first-order chi connectivity index (χ1) is 9.55. The number of aromatic nitrogens is 2. The van der Waals surface area contributed by atoms with Gasteiger partial charge >= 0.3 is 0 Å². The maximum absolute atomic E-state index is 12.0. The summed E-state index contributed by atoms with van der Waals surface area (Å²) in [6.07, 6.45) is 1.97. The van der Waals surface area contributed by atoms with Crippen molar-refractivity contribution in [3.63, 3.8) is 0 Å². The third-order valence-corrected chi connectivity index (χ3v) is 4.21. The monoisotopic (exact) mass is 295 g/mol. The average Bonchev–Trinajstić information content (AvgIpc) is 2.95. The molecule has 0 radical (unpaired) electrons. The third-order valence-electron chi connectivity index (χ3n) is 2.90. The molecule has 20 heavy (non-hydrogen) atoms. The van der Waals surface area contributed by atoms with Gasteiger partial charge in [0.1, 0.15) is 5.82 Å². The highest BCUT2D eigenvalue weighted by molar-refractivity contribution is 7.89. The minimum Gasteiger partial charge on any atom is -0.392 e. The maximum atomic E-state index is 12.0. The first kappa shape index (κ1) is 14.7. The molecule has 2 aromatic rings. The molecule has 6 nitrogen and oxygen atoms in total. The van der Waals surface area contributed by atoms with Gasteiger partial charge in [0, 0.05) is 13.0 Å². The van der Waals surface area contributed by atoms with Crippen molar-refractivity contribution in [2.24, 2.45) is 0 Å². The Balaban J connectivity index is 2.04. The molecule has 0 aliphatic carbocycles. The van der Waals surface area contributed by atoms with Crippen molar-refractivity contribution in [2.45, 2.75) is 31.5 Å². The fourth-order valence-electron chi connectivity index (χ4n) is 1.68. The van der Waals surface area contributed by atoms with Crippen LogP contribution in [0, 0.1) is 0 Å². The van der Waals surface area contributed by atoms with Crippen LogP contribution in [0.4, 0.5) is 0 Å². The minimum absolute atomic E-state index is 0.0278. The van der Waals surface area contributed by atoms with E-state index in [0.29, 0.717) is 12.2 Å². The highest BCUT2D eigenvalue weighted by Crippen LogP contribution is 2.08. The highest BCUT2D eigenvalue weighted by Gasteiger charge is 2.16. The van der Waals surface area contributed by atoms with Crippen molar-refractivity contribution in [1.82, 2.24) is 14.7 Å². The first-order valence-electron chi connectivity index (χ1n) is 6.27. The molecule has 1 aromatic carbocycles. The third kappa shape index (κ3) is 3.44. The van der Waals surface area contributed by atoms with Crippen molar-refractivity contribution in [1.29, 1.82) is 0 Å². The van der Waals surface area contributed by atoms with Gasteiger partial charge in [0.25, 0.3) is 10.0 Å². The number of aliphatic hydroxyl groups excluding tert-OH is 1. The predicted octanol–water partition coefficient (Wildman–Crippen LogP) is 0.943. The minimum atomic E-state index is -3.58. The smallest absolute Gasteiger partial charge is 0.257 e. The summed E-state index contributed by atoms with van der Waals surface area (Å²) in [4.78, 5) is 6.74. The second-order valence-electron chi connectivity index (χ2n) is 4.35. The molecule has 0 bridgehead atoms. The SMILES string of the molecule is CCc1ncc(S(=O)(=O)NCc2ccc(CO)cc2)[nH]1. The number of aryl methyl sites for hydroxylation is 1. The van der Waals surface area contributed by atoms with E-state index in [0.717, 1.165) is 11.1 Å². The fourth-order valence-corrected chi connectivity index (χ4v) is 2.63. The van der Waals surface area contributed by atoms with Gasteiger partial charge in [0.2, 0.25) is 0 Å². The summed E-state index contributed by atoms with van der Waals surface area (Å²) >= 11 is 0. The van der Waals surface area contributed by atoms with Crippen LogP contribution in [0.25, 0.3) is 0 Å². The van der Waals surface area contributed by atoms with Crippen molar-refractivity contribution < 1.29 is 13.5 Å². The molecule has 2 rings (SSSR count). The van der Waals surface area contributed by atoms with Crippen LogP contribution in [0.2, 0.25) is 0 Å². The van der Waals surface area contributed by atoms with E-state index < -0.39 is 10.0 Å². The quantitative estimate of drug-likeness (QED) is 0.739. The van der Waals surface area contributed by atoms with E-state index in [4.69, 9.17) is 5.11 Å². The second kappa shape index (κ2) is 6.17. The number of imidazole rings is 1. The lowest BCUT2D eigenvalue weighted by Crippen LogP contribution is -2.23. The van der Waals surface area contributed by atoms with Crippen LogP contribution in [0.3, 0.4) is 0 Å². The number of sulfonamides is 1. The van der Waals surface area contributed by atoms with Crippen molar-refractivity contribution >= 4 is 10.0 Å². The molecule has 0 atom stereocenters. The topological polar surface area (TPSA) is 95.1 Å². The molecule has 7 heteroatoms. The Labute approximate surface area is 117 Å². The summed E-state index contributed by atoms with van der Waals surface area (Å²) in [6.45, 7) is 2.06. The number of rotatable bonds is 6.